The van der Waals surface area contributed by atoms with Crippen molar-refractivity contribution in [1.82, 2.24) is 4.90 Å². The summed E-state index contributed by atoms with van der Waals surface area (Å²) >= 11 is 5.82. The molecule has 158 valence electrons. The summed E-state index contributed by atoms with van der Waals surface area (Å²) in [7, 11) is 5.79. The number of carbonyl (C=O) groups is 2. The van der Waals surface area contributed by atoms with Gasteiger partial charge in [-0.25, -0.2) is 4.79 Å². The smallest absolute Gasteiger partial charge is 0.419 e. The first-order valence-electron chi connectivity index (χ1n) is 9.04. The van der Waals surface area contributed by atoms with Gasteiger partial charge in [0.2, 0.25) is 0 Å². The van der Waals surface area contributed by atoms with Crippen LogP contribution >= 0.6 is 11.6 Å². The van der Waals surface area contributed by atoms with Gasteiger partial charge >= 0.3 is 6.09 Å². The highest BCUT2D eigenvalue weighted by Gasteiger charge is 2.13. The molecule has 0 heterocycles. The number of unbranched alkanes of at least 4 members (excludes halogenated alkanes) is 1. The summed E-state index contributed by atoms with van der Waals surface area (Å²) in [5.41, 5.74) is 0.726. The molecule has 29 heavy (non-hydrogen) atoms. The van der Waals surface area contributed by atoms with E-state index in [0.29, 0.717) is 17.4 Å². The Morgan fingerprint density at radius 2 is 1.55 bits per heavy atom. The van der Waals surface area contributed by atoms with Crippen LogP contribution in [0.25, 0.3) is 0 Å². The number of hydrogen-bond donors (Lipinski definition) is 1. The maximum atomic E-state index is 12.2. The number of benzene rings is 2. The van der Waals surface area contributed by atoms with Crippen LogP contribution in [0.1, 0.15) is 12.8 Å². The fourth-order valence-corrected chi connectivity index (χ4v) is 2.39. The van der Waals surface area contributed by atoms with Gasteiger partial charge in [-0.3, -0.25) is 9.69 Å². The van der Waals surface area contributed by atoms with Gasteiger partial charge in [0.05, 0.1) is 6.61 Å². The zero-order chi connectivity index (χ0) is 21.6. The quantitative estimate of drug-likeness (QED) is 0.501. The molecule has 0 aliphatic heterocycles. The third-order valence-corrected chi connectivity index (χ3v) is 4.04. The van der Waals surface area contributed by atoms with E-state index in [0.717, 1.165) is 30.8 Å². The van der Waals surface area contributed by atoms with E-state index < -0.39 is 6.09 Å². The molecule has 0 bridgehead atoms. The molecular weight excluding hydrogens is 396 g/mol. The van der Waals surface area contributed by atoms with Crippen LogP contribution in [0.3, 0.4) is 0 Å². The molecule has 8 heteroatoms. The lowest BCUT2D eigenvalue weighted by molar-refractivity contribution is -0.122. The van der Waals surface area contributed by atoms with Crippen molar-refractivity contribution in [2.45, 2.75) is 12.8 Å². The Kier molecular flexibility index (Phi) is 11.2. The maximum Gasteiger partial charge on any atom is 0.419 e. The van der Waals surface area contributed by atoms with Crippen LogP contribution in [0.15, 0.2) is 48.5 Å². The van der Waals surface area contributed by atoms with Gasteiger partial charge in [0.15, 0.2) is 0 Å². The van der Waals surface area contributed by atoms with Crippen molar-refractivity contribution in [2.24, 2.45) is 0 Å². The van der Waals surface area contributed by atoms with Crippen molar-refractivity contribution >= 4 is 29.9 Å². The SMILES string of the molecule is CN(C)CCCCOc1ccc(N(C)C(=O)Oc2ccc(Cl)cc2)cc1.O=CO. The minimum atomic E-state index is -0.468. The van der Waals surface area contributed by atoms with E-state index in [9.17, 15) is 4.79 Å². The zero-order valence-electron chi connectivity index (χ0n) is 16.9. The molecule has 2 aromatic carbocycles. The van der Waals surface area contributed by atoms with Crippen molar-refractivity contribution in [2.75, 3.05) is 39.2 Å². The number of carboxylic acid groups (broad SMARTS) is 1. The van der Waals surface area contributed by atoms with E-state index in [1.807, 2.05) is 24.3 Å². The second kappa shape index (κ2) is 13.4. The number of ether oxygens (including phenoxy) is 2. The Bertz CT molecular complexity index is 736. The second-order valence-corrected chi connectivity index (χ2v) is 6.78. The van der Waals surface area contributed by atoms with E-state index in [1.165, 1.54) is 4.90 Å². The molecule has 2 rings (SSSR count). The zero-order valence-corrected chi connectivity index (χ0v) is 17.6. The van der Waals surface area contributed by atoms with E-state index in [2.05, 4.69) is 19.0 Å². The van der Waals surface area contributed by atoms with Crippen LogP contribution in [-0.2, 0) is 4.79 Å². The Balaban J connectivity index is 0.00000132. The Morgan fingerprint density at radius 1 is 1.00 bits per heavy atom. The molecule has 0 aliphatic rings. The summed E-state index contributed by atoms with van der Waals surface area (Å²) in [5, 5.41) is 7.48. The molecule has 0 aromatic heterocycles. The van der Waals surface area contributed by atoms with Gasteiger partial charge in [-0.1, -0.05) is 11.6 Å². The van der Waals surface area contributed by atoms with Crippen LogP contribution in [0, 0.1) is 0 Å². The summed E-state index contributed by atoms with van der Waals surface area (Å²) in [6.45, 7) is 1.49. The number of hydrogen-bond acceptors (Lipinski definition) is 5. The van der Waals surface area contributed by atoms with Crippen molar-refractivity contribution in [3.63, 3.8) is 0 Å². The van der Waals surface area contributed by atoms with Gasteiger partial charge in [0.25, 0.3) is 6.47 Å². The largest absolute Gasteiger partial charge is 0.494 e. The molecule has 0 saturated heterocycles. The molecule has 2 aromatic rings. The van der Waals surface area contributed by atoms with Gasteiger partial charge in [-0.2, -0.15) is 0 Å². The number of rotatable bonds is 8. The van der Waals surface area contributed by atoms with E-state index in [1.54, 1.807) is 31.3 Å². The molecule has 0 aliphatic carbocycles. The summed E-state index contributed by atoms with van der Waals surface area (Å²) in [6, 6.07) is 14.0. The third-order valence-electron chi connectivity index (χ3n) is 3.79. The first kappa shape index (κ1) is 24.3. The highest BCUT2D eigenvalue weighted by Crippen LogP contribution is 2.21. The van der Waals surface area contributed by atoms with Crippen molar-refractivity contribution in [3.05, 3.63) is 53.6 Å². The van der Waals surface area contributed by atoms with Gasteiger partial charge in [0.1, 0.15) is 11.5 Å². The molecule has 7 nitrogen and oxygen atoms in total. The fourth-order valence-electron chi connectivity index (χ4n) is 2.26. The van der Waals surface area contributed by atoms with Crippen LogP contribution in [0.2, 0.25) is 5.02 Å². The van der Waals surface area contributed by atoms with Crippen LogP contribution in [0.5, 0.6) is 11.5 Å². The predicted molar refractivity (Wildman–Crippen MR) is 114 cm³/mol. The van der Waals surface area contributed by atoms with Gasteiger partial charge in [-0.15, -0.1) is 0 Å². The first-order valence-corrected chi connectivity index (χ1v) is 9.41. The molecule has 0 fully saturated rings. The lowest BCUT2D eigenvalue weighted by Crippen LogP contribution is -2.29. The van der Waals surface area contributed by atoms with Crippen molar-refractivity contribution in [1.29, 1.82) is 0 Å². The summed E-state index contributed by atoms with van der Waals surface area (Å²) in [4.78, 5) is 24.2. The molecule has 0 radical (unpaired) electrons. The fraction of sp³-hybridized carbons (Fsp3) is 0.333. The predicted octanol–water partition coefficient (Wildman–Crippen LogP) is 4.40. The third kappa shape index (κ3) is 9.82. The van der Waals surface area contributed by atoms with Gasteiger partial charge in [0, 0.05) is 17.8 Å². The molecular formula is C21H27ClN2O5. The monoisotopic (exact) mass is 422 g/mol. The van der Waals surface area contributed by atoms with E-state index >= 15 is 0 Å². The first-order chi connectivity index (χ1) is 13.9. The molecule has 0 atom stereocenters. The lowest BCUT2D eigenvalue weighted by atomic mass is 10.3. The Labute approximate surface area is 176 Å². The standard InChI is InChI=1S/C20H25ClN2O3.CH2O2/c1-22(2)14-4-5-15-25-18-12-8-17(9-13-18)23(3)20(24)26-19-10-6-16(21)7-11-19;2-1-3/h6-13H,4-5,14-15H2,1-3H3;1H,(H,2,3). The highest BCUT2D eigenvalue weighted by atomic mass is 35.5. The number of carbonyl (C=O) groups excluding carboxylic acids is 1. The Hall–Kier alpha value is -2.77. The highest BCUT2D eigenvalue weighted by molar-refractivity contribution is 6.30. The summed E-state index contributed by atoms with van der Waals surface area (Å²) in [5.74, 6) is 1.24. The van der Waals surface area contributed by atoms with Crippen LogP contribution < -0.4 is 14.4 Å². The van der Waals surface area contributed by atoms with Gasteiger partial charge < -0.3 is 19.5 Å². The maximum absolute atomic E-state index is 12.2. The van der Waals surface area contributed by atoms with Crippen LogP contribution in [-0.4, -0.2) is 56.9 Å². The van der Waals surface area contributed by atoms with Crippen molar-refractivity contribution in [3.8, 4) is 11.5 Å². The number of halogens is 1. The Morgan fingerprint density at radius 3 is 2.10 bits per heavy atom. The minimum Gasteiger partial charge on any atom is -0.494 e. The van der Waals surface area contributed by atoms with Crippen molar-refractivity contribution < 1.29 is 24.2 Å². The average molecular weight is 423 g/mol. The van der Waals surface area contributed by atoms with E-state index in [-0.39, 0.29) is 6.47 Å². The van der Waals surface area contributed by atoms with E-state index in [4.69, 9.17) is 31.0 Å². The summed E-state index contributed by atoms with van der Waals surface area (Å²) in [6.07, 6.45) is 1.64. The minimum absolute atomic E-state index is 0.250. The summed E-state index contributed by atoms with van der Waals surface area (Å²) < 4.78 is 11.0. The van der Waals surface area contributed by atoms with Crippen LogP contribution in [0.4, 0.5) is 10.5 Å². The van der Waals surface area contributed by atoms with Gasteiger partial charge in [-0.05, 0) is 82.0 Å². The molecule has 0 unspecified atom stereocenters. The number of nitrogens with zero attached hydrogens (tertiary/aromatic N) is 2. The molecule has 1 amide bonds. The topological polar surface area (TPSA) is 79.3 Å². The normalized spacial score (nSPS) is 9.97. The average Bonchev–Trinajstić information content (AvgIpc) is 2.70. The number of amides is 1. The molecule has 0 spiro atoms. The number of anilines is 1. The lowest BCUT2D eigenvalue weighted by Gasteiger charge is -2.17. The molecule has 1 N–H and O–H groups in total. The molecule has 0 saturated carbocycles. The second-order valence-electron chi connectivity index (χ2n) is 6.34.